The van der Waals surface area contributed by atoms with Crippen molar-refractivity contribution in [1.82, 2.24) is 29.9 Å². The van der Waals surface area contributed by atoms with Crippen molar-refractivity contribution in [2.75, 3.05) is 32.8 Å². The molecule has 11 nitrogen and oxygen atoms in total. The van der Waals surface area contributed by atoms with Gasteiger partial charge in [0, 0.05) is 70.3 Å². The summed E-state index contributed by atoms with van der Waals surface area (Å²) >= 11 is 0. The topological polar surface area (TPSA) is 122 Å². The number of piperazine rings is 1. The highest BCUT2D eigenvalue weighted by atomic mass is 16.5. The summed E-state index contributed by atoms with van der Waals surface area (Å²) in [7, 11) is 1.86. The molecule has 2 amide bonds. The summed E-state index contributed by atoms with van der Waals surface area (Å²) in [4.78, 5) is 35.8. The van der Waals surface area contributed by atoms with Crippen molar-refractivity contribution < 1.29 is 24.2 Å². The van der Waals surface area contributed by atoms with Gasteiger partial charge in [0.05, 0.1) is 30.6 Å². The van der Waals surface area contributed by atoms with Crippen LogP contribution in [-0.4, -0.2) is 98.6 Å². The van der Waals surface area contributed by atoms with Gasteiger partial charge in [-0.25, -0.2) is 0 Å². The second kappa shape index (κ2) is 12.0. The van der Waals surface area contributed by atoms with Crippen LogP contribution >= 0.6 is 0 Å². The number of rotatable bonds is 3. The van der Waals surface area contributed by atoms with Crippen molar-refractivity contribution in [3.63, 3.8) is 0 Å². The molecule has 0 aliphatic carbocycles. The normalized spacial score (nSPS) is 25.9. The molecule has 1 aromatic carbocycles. The van der Waals surface area contributed by atoms with Crippen LogP contribution in [0, 0.1) is 0 Å². The minimum atomic E-state index is -0.724. The van der Waals surface area contributed by atoms with E-state index >= 15 is 0 Å². The maximum Gasteiger partial charge on any atom is 0.258 e. The number of benzene rings is 1. The maximum atomic E-state index is 14.1. The number of pyridine rings is 1. The number of amides is 2. The van der Waals surface area contributed by atoms with Crippen LogP contribution in [0.25, 0.3) is 11.1 Å². The lowest BCUT2D eigenvalue weighted by molar-refractivity contribution is -0.135. The van der Waals surface area contributed by atoms with E-state index in [2.05, 4.69) is 20.3 Å². The molecule has 0 spiro atoms. The lowest BCUT2D eigenvalue weighted by Crippen LogP contribution is -2.61. The average Bonchev–Trinajstić information content (AvgIpc) is 3.43. The molecule has 216 valence electrons. The molecule has 6 rings (SSSR count). The van der Waals surface area contributed by atoms with Crippen LogP contribution in [0.1, 0.15) is 35.2 Å². The lowest BCUT2D eigenvalue weighted by Gasteiger charge is -2.41. The van der Waals surface area contributed by atoms with E-state index in [4.69, 9.17) is 9.47 Å². The first-order valence-electron chi connectivity index (χ1n) is 14.2. The van der Waals surface area contributed by atoms with Gasteiger partial charge in [0.15, 0.2) is 0 Å². The number of nitrogens with zero attached hydrogens (tertiary/aromatic N) is 5. The van der Waals surface area contributed by atoms with Gasteiger partial charge in [-0.15, -0.1) is 0 Å². The summed E-state index contributed by atoms with van der Waals surface area (Å²) < 4.78 is 14.2. The van der Waals surface area contributed by atoms with Gasteiger partial charge in [0.25, 0.3) is 5.91 Å². The Hall–Kier alpha value is -3.80. The Balaban J connectivity index is 1.32. The highest BCUT2D eigenvalue weighted by Crippen LogP contribution is 2.31. The molecule has 11 heteroatoms. The summed E-state index contributed by atoms with van der Waals surface area (Å²) in [6.07, 6.45) is 7.87. The molecule has 41 heavy (non-hydrogen) atoms. The van der Waals surface area contributed by atoms with Crippen LogP contribution in [0.15, 0.2) is 55.1 Å². The first kappa shape index (κ1) is 27.4. The fourth-order valence-corrected chi connectivity index (χ4v) is 5.89. The highest BCUT2D eigenvalue weighted by molar-refractivity contribution is 6.00. The SMILES string of the molecule is Cn1cc(-c2ccc3c(c2)OCC[C@@H]2CC[C@H](O)[C@@H](CNC(=O)[C@@H]4CN(Cc5cccnc5)CCN4C3=O)O2)cn1. The predicted molar refractivity (Wildman–Crippen MR) is 150 cm³/mol. The minimum Gasteiger partial charge on any atom is -0.493 e. The quantitative estimate of drug-likeness (QED) is 0.496. The Bertz CT molecular complexity index is 1380. The molecule has 2 fully saturated rings. The van der Waals surface area contributed by atoms with Crippen molar-refractivity contribution >= 4 is 11.8 Å². The molecule has 2 saturated heterocycles. The first-order valence-corrected chi connectivity index (χ1v) is 14.2. The smallest absolute Gasteiger partial charge is 0.258 e. The molecule has 0 radical (unpaired) electrons. The summed E-state index contributed by atoms with van der Waals surface area (Å²) in [5.74, 6) is -0.0381. The Morgan fingerprint density at radius 2 is 2.00 bits per heavy atom. The lowest BCUT2D eigenvalue weighted by atomic mass is 9.98. The number of hydrogen-bond donors (Lipinski definition) is 2. The Morgan fingerprint density at radius 3 is 2.80 bits per heavy atom. The largest absolute Gasteiger partial charge is 0.493 e. The van der Waals surface area contributed by atoms with Crippen LogP contribution in [0.2, 0.25) is 0 Å². The highest BCUT2D eigenvalue weighted by Gasteiger charge is 2.38. The van der Waals surface area contributed by atoms with E-state index < -0.39 is 18.2 Å². The van der Waals surface area contributed by atoms with E-state index in [0.717, 1.165) is 16.7 Å². The zero-order chi connectivity index (χ0) is 28.3. The zero-order valence-electron chi connectivity index (χ0n) is 23.2. The number of ether oxygens (including phenoxy) is 2. The van der Waals surface area contributed by atoms with Crippen molar-refractivity contribution in [2.45, 2.75) is 50.2 Å². The standard InChI is InChI=1S/C30H36N6O5/c1-34-18-22(15-33-34)21-4-6-24-27(13-21)40-12-8-23-5-7-26(37)28(41-23)16-32-29(38)25-19-35(10-11-36(25)30(24)39)17-20-3-2-9-31-14-20/h2-4,6,9,13-15,18,23,25-26,28,37H,5,7-8,10-12,16-17,19H2,1H3,(H,32,38)/t23-,25-,26-,28+/m0/s1. The fraction of sp³-hybridized carbons (Fsp3) is 0.467. The van der Waals surface area contributed by atoms with Crippen LogP contribution in [0.5, 0.6) is 5.75 Å². The van der Waals surface area contributed by atoms with Gasteiger partial charge in [-0.05, 0) is 42.2 Å². The summed E-state index contributed by atoms with van der Waals surface area (Å²) in [5, 5.41) is 17.8. The molecule has 2 bridgehead atoms. The number of aliphatic hydroxyl groups excluding tert-OH is 1. The third kappa shape index (κ3) is 6.12. The third-order valence-corrected chi connectivity index (χ3v) is 8.16. The van der Waals surface area contributed by atoms with Gasteiger partial charge < -0.3 is 24.8 Å². The fourth-order valence-electron chi connectivity index (χ4n) is 5.89. The molecule has 5 heterocycles. The molecule has 3 aliphatic heterocycles. The van der Waals surface area contributed by atoms with E-state index in [1.807, 2.05) is 43.7 Å². The molecule has 3 aliphatic rings. The second-order valence-corrected chi connectivity index (χ2v) is 11.0. The molecule has 4 atom stereocenters. The number of carbonyl (C=O) groups excluding carboxylic acids is 2. The summed E-state index contributed by atoms with van der Waals surface area (Å²) in [6.45, 7) is 2.53. The molecule has 0 saturated carbocycles. The van der Waals surface area contributed by atoms with Gasteiger partial charge in [0.2, 0.25) is 5.91 Å². The Labute approximate surface area is 239 Å². The predicted octanol–water partition coefficient (Wildman–Crippen LogP) is 1.62. The Kier molecular flexibility index (Phi) is 8.00. The van der Waals surface area contributed by atoms with Crippen LogP contribution in [0.4, 0.5) is 0 Å². The molecule has 2 aromatic heterocycles. The van der Waals surface area contributed by atoms with Gasteiger partial charge in [-0.3, -0.25) is 24.2 Å². The van der Waals surface area contributed by atoms with E-state index in [9.17, 15) is 14.7 Å². The minimum absolute atomic E-state index is 0.106. The number of aromatic nitrogens is 3. The molecular formula is C30H36N6O5. The monoisotopic (exact) mass is 560 g/mol. The number of aliphatic hydroxyl groups is 1. The maximum absolute atomic E-state index is 14.1. The van der Waals surface area contributed by atoms with Gasteiger partial charge >= 0.3 is 0 Å². The number of fused-ring (bicyclic) bond motifs is 4. The van der Waals surface area contributed by atoms with Crippen LogP contribution < -0.4 is 10.1 Å². The van der Waals surface area contributed by atoms with Crippen molar-refractivity contribution in [2.24, 2.45) is 7.05 Å². The molecule has 0 unspecified atom stereocenters. The van der Waals surface area contributed by atoms with Crippen LogP contribution in [0.3, 0.4) is 0 Å². The number of aryl methyl sites for hydroxylation is 1. The average molecular weight is 561 g/mol. The number of nitrogens with one attached hydrogen (secondary N) is 1. The summed E-state index contributed by atoms with van der Waals surface area (Å²) in [5.41, 5.74) is 3.27. The molecular weight excluding hydrogens is 524 g/mol. The third-order valence-electron chi connectivity index (χ3n) is 8.16. The van der Waals surface area contributed by atoms with E-state index in [1.54, 1.807) is 28.0 Å². The van der Waals surface area contributed by atoms with E-state index in [0.29, 0.717) is 63.4 Å². The van der Waals surface area contributed by atoms with Gasteiger partial charge in [-0.1, -0.05) is 12.1 Å². The Morgan fingerprint density at radius 1 is 1.10 bits per heavy atom. The van der Waals surface area contributed by atoms with E-state index in [-0.39, 0.29) is 24.5 Å². The first-order chi connectivity index (χ1) is 19.9. The van der Waals surface area contributed by atoms with E-state index in [1.165, 1.54) is 0 Å². The molecule has 3 aromatic rings. The van der Waals surface area contributed by atoms with Crippen molar-refractivity contribution in [1.29, 1.82) is 0 Å². The van der Waals surface area contributed by atoms with Crippen molar-refractivity contribution in [3.05, 3.63) is 66.2 Å². The van der Waals surface area contributed by atoms with Crippen molar-refractivity contribution in [3.8, 4) is 16.9 Å². The summed E-state index contributed by atoms with van der Waals surface area (Å²) in [6, 6.07) is 8.72. The van der Waals surface area contributed by atoms with Gasteiger partial charge in [-0.2, -0.15) is 5.10 Å². The van der Waals surface area contributed by atoms with Gasteiger partial charge in [0.1, 0.15) is 17.9 Å². The van der Waals surface area contributed by atoms with Crippen LogP contribution in [-0.2, 0) is 23.1 Å². The molecule has 2 N–H and O–H groups in total. The number of hydrogen-bond acceptors (Lipinski definition) is 8. The zero-order valence-corrected chi connectivity index (χ0v) is 23.2. The second-order valence-electron chi connectivity index (χ2n) is 11.0. The number of carbonyl (C=O) groups is 2.